The van der Waals surface area contributed by atoms with E-state index in [1.807, 2.05) is 46.7 Å². The molecule has 0 bridgehead atoms. The van der Waals surface area contributed by atoms with Gasteiger partial charge in [0.15, 0.2) is 0 Å². The van der Waals surface area contributed by atoms with Crippen LogP contribution in [0.5, 0.6) is 0 Å². The van der Waals surface area contributed by atoms with Gasteiger partial charge in [0, 0.05) is 19.1 Å². The van der Waals surface area contributed by atoms with Crippen LogP contribution in [0, 0.1) is 5.41 Å². The molecule has 0 radical (unpaired) electrons. The van der Waals surface area contributed by atoms with E-state index in [-0.39, 0.29) is 17.4 Å². The maximum Gasteiger partial charge on any atom is 0.240 e. The Balaban J connectivity index is 4.71. The second kappa shape index (κ2) is 6.36. The summed E-state index contributed by atoms with van der Waals surface area (Å²) in [6, 6.07) is -0.247. The number of nitrogens with zero attached hydrogens (tertiary/aromatic N) is 2. The lowest BCUT2D eigenvalue weighted by molar-refractivity contribution is -0.137. The molecule has 0 heterocycles. The smallest absolute Gasteiger partial charge is 0.240 e. The lowest BCUT2D eigenvalue weighted by Gasteiger charge is -2.35. The number of hydrogen-bond acceptors (Lipinski definition) is 3. The van der Waals surface area contributed by atoms with E-state index in [4.69, 9.17) is 5.73 Å². The lowest BCUT2D eigenvalue weighted by atomic mass is 9.86. The molecule has 4 heteroatoms. The first-order chi connectivity index (χ1) is 7.61. The number of amides is 1. The molecule has 2 N–H and O–H groups in total. The summed E-state index contributed by atoms with van der Waals surface area (Å²) in [5.41, 5.74) is 5.84. The molecule has 0 saturated carbocycles. The van der Waals surface area contributed by atoms with Gasteiger partial charge < -0.3 is 15.5 Å². The third-order valence-electron chi connectivity index (χ3n) is 2.98. The van der Waals surface area contributed by atoms with Crippen molar-refractivity contribution in [2.24, 2.45) is 11.1 Å². The molecule has 0 aliphatic rings. The zero-order valence-electron chi connectivity index (χ0n) is 12.4. The summed E-state index contributed by atoms with van der Waals surface area (Å²) < 4.78 is 0. The van der Waals surface area contributed by atoms with Gasteiger partial charge in [-0.05, 0) is 33.4 Å². The highest BCUT2D eigenvalue weighted by molar-refractivity contribution is 5.82. The molecule has 0 aromatic carbocycles. The Morgan fingerprint density at radius 1 is 1.29 bits per heavy atom. The van der Waals surface area contributed by atoms with Gasteiger partial charge in [0.2, 0.25) is 5.91 Å². The molecule has 1 amide bonds. The highest BCUT2D eigenvalue weighted by Gasteiger charge is 2.32. The van der Waals surface area contributed by atoms with Crippen molar-refractivity contribution in [3.05, 3.63) is 0 Å². The number of nitrogens with two attached hydrogens (primary N) is 1. The summed E-state index contributed by atoms with van der Waals surface area (Å²) in [6.07, 6.45) is 0. The first kappa shape index (κ1) is 16.4. The van der Waals surface area contributed by atoms with E-state index < -0.39 is 6.04 Å². The highest BCUT2D eigenvalue weighted by Crippen LogP contribution is 2.20. The molecule has 0 aromatic heterocycles. The standard InChI is InChI=1S/C13H29N3O/c1-8-16(10(2)9-15(6)7)12(17)11(14)13(3,4)5/h10-11H,8-9,14H2,1-7H3. The molecule has 0 aromatic rings. The van der Waals surface area contributed by atoms with E-state index in [9.17, 15) is 4.79 Å². The van der Waals surface area contributed by atoms with Crippen molar-refractivity contribution < 1.29 is 4.79 Å². The molecule has 0 saturated heterocycles. The molecule has 0 spiro atoms. The van der Waals surface area contributed by atoms with Crippen LogP contribution in [0.4, 0.5) is 0 Å². The average Bonchev–Trinajstić information content (AvgIpc) is 2.14. The van der Waals surface area contributed by atoms with E-state index >= 15 is 0 Å². The van der Waals surface area contributed by atoms with Crippen LogP contribution in [-0.4, -0.2) is 55.0 Å². The van der Waals surface area contributed by atoms with Crippen molar-refractivity contribution in [1.82, 2.24) is 9.80 Å². The summed E-state index contributed by atoms with van der Waals surface area (Å²) in [6.45, 7) is 11.6. The molecular weight excluding hydrogens is 214 g/mol. The van der Waals surface area contributed by atoms with E-state index in [0.29, 0.717) is 6.54 Å². The second-order valence-electron chi connectivity index (χ2n) is 6.08. The highest BCUT2D eigenvalue weighted by atomic mass is 16.2. The number of carbonyl (C=O) groups is 1. The zero-order valence-corrected chi connectivity index (χ0v) is 12.4. The molecule has 0 rings (SSSR count). The quantitative estimate of drug-likeness (QED) is 0.788. The largest absolute Gasteiger partial charge is 0.338 e. The maximum atomic E-state index is 12.3. The fourth-order valence-corrected chi connectivity index (χ4v) is 1.86. The van der Waals surface area contributed by atoms with Crippen molar-refractivity contribution in [1.29, 1.82) is 0 Å². The molecule has 17 heavy (non-hydrogen) atoms. The van der Waals surface area contributed by atoms with Gasteiger partial charge in [-0.15, -0.1) is 0 Å². The molecule has 0 fully saturated rings. The van der Waals surface area contributed by atoms with E-state index in [1.54, 1.807) is 0 Å². The van der Waals surface area contributed by atoms with Gasteiger partial charge in [0.25, 0.3) is 0 Å². The fraction of sp³-hybridized carbons (Fsp3) is 0.923. The van der Waals surface area contributed by atoms with Crippen molar-refractivity contribution in [3.63, 3.8) is 0 Å². The SMILES string of the molecule is CCN(C(=O)C(N)C(C)(C)C)C(C)CN(C)C. The number of likely N-dealkylation sites (N-methyl/N-ethyl adjacent to an activating group) is 2. The Morgan fingerprint density at radius 3 is 2.06 bits per heavy atom. The number of carbonyl (C=O) groups excluding carboxylic acids is 1. The molecule has 2 unspecified atom stereocenters. The van der Waals surface area contributed by atoms with Gasteiger partial charge in [-0.3, -0.25) is 4.79 Å². The van der Waals surface area contributed by atoms with Gasteiger partial charge >= 0.3 is 0 Å². The van der Waals surface area contributed by atoms with Crippen LogP contribution >= 0.6 is 0 Å². The maximum absolute atomic E-state index is 12.3. The Labute approximate surface area is 106 Å². The first-order valence-electron chi connectivity index (χ1n) is 6.32. The Kier molecular flexibility index (Phi) is 6.13. The van der Waals surface area contributed by atoms with Crippen LogP contribution in [0.3, 0.4) is 0 Å². The molecule has 2 atom stereocenters. The Hall–Kier alpha value is -0.610. The predicted molar refractivity (Wildman–Crippen MR) is 72.8 cm³/mol. The molecular formula is C13H29N3O. The van der Waals surface area contributed by atoms with Gasteiger partial charge in [-0.25, -0.2) is 0 Å². The number of rotatable bonds is 5. The van der Waals surface area contributed by atoms with Crippen LogP contribution in [0.1, 0.15) is 34.6 Å². The minimum atomic E-state index is -0.438. The predicted octanol–water partition coefficient (Wildman–Crippen LogP) is 1.16. The van der Waals surface area contributed by atoms with Crippen LogP contribution in [-0.2, 0) is 4.79 Å². The summed E-state index contributed by atoms with van der Waals surface area (Å²) in [4.78, 5) is 16.3. The van der Waals surface area contributed by atoms with Crippen LogP contribution < -0.4 is 5.73 Å². The van der Waals surface area contributed by atoms with E-state index in [2.05, 4.69) is 11.8 Å². The Morgan fingerprint density at radius 2 is 1.76 bits per heavy atom. The monoisotopic (exact) mass is 243 g/mol. The van der Waals surface area contributed by atoms with Crippen molar-refractivity contribution >= 4 is 5.91 Å². The minimum absolute atomic E-state index is 0.0503. The third-order valence-corrected chi connectivity index (χ3v) is 2.98. The van der Waals surface area contributed by atoms with Crippen molar-refractivity contribution in [3.8, 4) is 0 Å². The summed E-state index contributed by atoms with van der Waals surface area (Å²) >= 11 is 0. The second-order valence-corrected chi connectivity index (χ2v) is 6.08. The van der Waals surface area contributed by atoms with Crippen LogP contribution in [0.25, 0.3) is 0 Å². The van der Waals surface area contributed by atoms with Gasteiger partial charge in [-0.2, -0.15) is 0 Å². The molecule has 0 aliphatic heterocycles. The molecule has 0 aliphatic carbocycles. The topological polar surface area (TPSA) is 49.6 Å². The zero-order chi connectivity index (χ0) is 13.8. The van der Waals surface area contributed by atoms with Crippen molar-refractivity contribution in [2.45, 2.75) is 46.7 Å². The fourth-order valence-electron chi connectivity index (χ4n) is 1.86. The van der Waals surface area contributed by atoms with Gasteiger partial charge in [-0.1, -0.05) is 20.8 Å². The lowest BCUT2D eigenvalue weighted by Crippen LogP contribution is -2.54. The van der Waals surface area contributed by atoms with E-state index in [0.717, 1.165) is 6.54 Å². The first-order valence-corrected chi connectivity index (χ1v) is 6.32. The number of hydrogen-bond donors (Lipinski definition) is 1. The summed E-state index contributed by atoms with van der Waals surface area (Å²) in [7, 11) is 4.02. The summed E-state index contributed by atoms with van der Waals surface area (Å²) in [5.74, 6) is 0.0503. The van der Waals surface area contributed by atoms with Crippen molar-refractivity contribution in [2.75, 3.05) is 27.2 Å². The molecule has 4 nitrogen and oxygen atoms in total. The normalized spacial score (nSPS) is 15.8. The van der Waals surface area contributed by atoms with E-state index in [1.165, 1.54) is 0 Å². The molecule has 102 valence electrons. The third kappa shape index (κ3) is 5.04. The van der Waals surface area contributed by atoms with Crippen LogP contribution in [0.15, 0.2) is 0 Å². The minimum Gasteiger partial charge on any atom is -0.338 e. The van der Waals surface area contributed by atoms with Crippen LogP contribution in [0.2, 0.25) is 0 Å². The average molecular weight is 243 g/mol. The summed E-state index contributed by atoms with van der Waals surface area (Å²) in [5, 5.41) is 0. The van der Waals surface area contributed by atoms with Gasteiger partial charge in [0.1, 0.15) is 0 Å². The Bertz CT molecular complexity index is 246. The van der Waals surface area contributed by atoms with Gasteiger partial charge in [0.05, 0.1) is 6.04 Å².